The van der Waals surface area contributed by atoms with Crippen LogP contribution in [0.25, 0.3) is 10.6 Å². The van der Waals surface area contributed by atoms with Crippen LogP contribution in [0.4, 0.5) is 0 Å². The van der Waals surface area contributed by atoms with Gasteiger partial charge in [0.1, 0.15) is 5.01 Å². The van der Waals surface area contributed by atoms with Crippen LogP contribution < -0.4 is 5.32 Å². The minimum absolute atomic E-state index is 0.0244. The molecule has 21 heavy (non-hydrogen) atoms. The normalized spacial score (nSPS) is 11.4. The van der Waals surface area contributed by atoms with Gasteiger partial charge in [0.2, 0.25) is 5.91 Å². The van der Waals surface area contributed by atoms with Crippen molar-refractivity contribution in [3.05, 3.63) is 40.9 Å². The number of benzene rings is 1. The zero-order chi connectivity index (χ0) is 15.5. The number of thiazole rings is 1. The van der Waals surface area contributed by atoms with Gasteiger partial charge in [-0.2, -0.15) is 0 Å². The van der Waals surface area contributed by atoms with Gasteiger partial charge in [0.15, 0.2) is 0 Å². The first-order chi connectivity index (χ1) is 9.83. The van der Waals surface area contributed by atoms with E-state index in [1.807, 2.05) is 19.1 Å². The lowest BCUT2D eigenvalue weighted by Gasteiger charge is -2.17. The first-order valence-electron chi connectivity index (χ1n) is 7.12. The van der Waals surface area contributed by atoms with E-state index in [0.29, 0.717) is 13.0 Å². The van der Waals surface area contributed by atoms with Crippen molar-refractivity contribution in [2.24, 2.45) is 5.41 Å². The number of aryl methyl sites for hydroxylation is 1. The van der Waals surface area contributed by atoms with Crippen LogP contribution in [0.15, 0.2) is 29.6 Å². The van der Waals surface area contributed by atoms with Crippen molar-refractivity contribution >= 4 is 17.2 Å². The van der Waals surface area contributed by atoms with Crippen molar-refractivity contribution in [1.29, 1.82) is 0 Å². The summed E-state index contributed by atoms with van der Waals surface area (Å²) in [5, 5.41) is 6.06. The fourth-order valence-electron chi connectivity index (χ4n) is 2.00. The quantitative estimate of drug-likeness (QED) is 0.921. The Balaban J connectivity index is 1.92. The number of carbonyl (C=O) groups is 1. The van der Waals surface area contributed by atoms with Crippen LogP contribution in [0.1, 0.15) is 38.4 Å². The second-order valence-corrected chi connectivity index (χ2v) is 7.36. The van der Waals surface area contributed by atoms with Gasteiger partial charge in [-0.3, -0.25) is 4.79 Å². The fourth-order valence-corrected chi connectivity index (χ4v) is 2.80. The summed E-state index contributed by atoms with van der Waals surface area (Å²) in [5.41, 5.74) is 3.30. The standard InChI is InChI=1S/C17H22N2OS/c1-12-11-21-16(19-12)14-7-5-13(6-8-14)10-18-15(20)9-17(2,3)4/h5-8,11H,9-10H2,1-4H3,(H,18,20). The molecule has 0 aliphatic carbocycles. The van der Waals surface area contributed by atoms with Crippen molar-refractivity contribution in [3.8, 4) is 10.6 Å². The van der Waals surface area contributed by atoms with Gasteiger partial charge in [-0.15, -0.1) is 11.3 Å². The highest BCUT2D eigenvalue weighted by Gasteiger charge is 2.15. The van der Waals surface area contributed by atoms with Crippen molar-refractivity contribution < 1.29 is 4.79 Å². The lowest BCUT2D eigenvalue weighted by Crippen LogP contribution is -2.27. The summed E-state index contributed by atoms with van der Waals surface area (Å²) >= 11 is 1.65. The second-order valence-electron chi connectivity index (χ2n) is 6.51. The Morgan fingerprint density at radius 1 is 1.24 bits per heavy atom. The predicted molar refractivity (Wildman–Crippen MR) is 88.2 cm³/mol. The molecule has 0 radical (unpaired) electrons. The minimum Gasteiger partial charge on any atom is -0.352 e. The Hall–Kier alpha value is -1.68. The number of hydrogen-bond donors (Lipinski definition) is 1. The average Bonchev–Trinajstić information content (AvgIpc) is 2.82. The molecule has 2 aromatic rings. The van der Waals surface area contributed by atoms with Crippen molar-refractivity contribution in [1.82, 2.24) is 10.3 Å². The highest BCUT2D eigenvalue weighted by Crippen LogP contribution is 2.23. The van der Waals surface area contributed by atoms with Crippen LogP contribution in [-0.4, -0.2) is 10.9 Å². The van der Waals surface area contributed by atoms with Crippen LogP contribution in [-0.2, 0) is 11.3 Å². The Labute approximate surface area is 130 Å². The first kappa shape index (κ1) is 15.7. The molecule has 3 nitrogen and oxygen atoms in total. The van der Waals surface area contributed by atoms with E-state index < -0.39 is 0 Å². The highest BCUT2D eigenvalue weighted by molar-refractivity contribution is 7.13. The molecule has 1 amide bonds. The molecule has 0 fully saturated rings. The molecule has 0 saturated carbocycles. The highest BCUT2D eigenvalue weighted by atomic mass is 32.1. The lowest BCUT2D eigenvalue weighted by molar-refractivity contribution is -0.122. The van der Waals surface area contributed by atoms with Gasteiger partial charge in [0.25, 0.3) is 0 Å². The molecular formula is C17H22N2OS. The Bertz CT molecular complexity index is 608. The molecule has 0 atom stereocenters. The Morgan fingerprint density at radius 3 is 2.43 bits per heavy atom. The smallest absolute Gasteiger partial charge is 0.220 e. The van der Waals surface area contributed by atoms with Crippen LogP contribution in [0, 0.1) is 12.3 Å². The molecule has 0 spiro atoms. The van der Waals surface area contributed by atoms with Crippen LogP contribution in [0.3, 0.4) is 0 Å². The van der Waals surface area contributed by atoms with Crippen molar-refractivity contribution in [3.63, 3.8) is 0 Å². The van der Waals surface area contributed by atoms with Crippen molar-refractivity contribution in [2.45, 2.75) is 40.7 Å². The number of nitrogens with zero attached hydrogens (tertiary/aromatic N) is 1. The molecule has 0 aliphatic rings. The molecule has 1 heterocycles. The summed E-state index contributed by atoms with van der Waals surface area (Å²) in [6, 6.07) is 8.21. The fraction of sp³-hybridized carbons (Fsp3) is 0.412. The second kappa shape index (κ2) is 6.39. The first-order valence-corrected chi connectivity index (χ1v) is 8.00. The maximum atomic E-state index is 11.8. The largest absolute Gasteiger partial charge is 0.352 e. The zero-order valence-corrected chi connectivity index (χ0v) is 13.9. The third-order valence-electron chi connectivity index (χ3n) is 3.00. The molecule has 0 saturated heterocycles. The zero-order valence-electron chi connectivity index (χ0n) is 13.1. The third kappa shape index (κ3) is 4.97. The molecule has 0 unspecified atom stereocenters. The summed E-state index contributed by atoms with van der Waals surface area (Å²) in [7, 11) is 0. The van der Waals surface area contributed by atoms with Gasteiger partial charge in [0.05, 0.1) is 0 Å². The molecule has 1 N–H and O–H groups in total. The summed E-state index contributed by atoms with van der Waals surface area (Å²) in [5.74, 6) is 0.0992. The molecule has 1 aromatic heterocycles. The molecule has 4 heteroatoms. The minimum atomic E-state index is 0.0244. The van der Waals surface area contributed by atoms with E-state index in [4.69, 9.17) is 0 Å². The van der Waals surface area contributed by atoms with E-state index in [0.717, 1.165) is 21.8 Å². The summed E-state index contributed by atoms with van der Waals surface area (Å²) in [4.78, 5) is 16.3. The molecular weight excluding hydrogens is 280 g/mol. The molecule has 112 valence electrons. The monoisotopic (exact) mass is 302 g/mol. The van der Waals surface area contributed by atoms with Gasteiger partial charge in [0, 0.05) is 29.6 Å². The van der Waals surface area contributed by atoms with Crippen LogP contribution >= 0.6 is 11.3 Å². The van der Waals surface area contributed by atoms with Gasteiger partial charge in [-0.25, -0.2) is 4.98 Å². The Morgan fingerprint density at radius 2 is 1.90 bits per heavy atom. The summed E-state index contributed by atoms with van der Waals surface area (Å²) in [6.07, 6.45) is 0.545. The topological polar surface area (TPSA) is 42.0 Å². The number of amides is 1. The van der Waals surface area contributed by atoms with Gasteiger partial charge in [-0.05, 0) is 17.9 Å². The van der Waals surface area contributed by atoms with E-state index in [1.165, 1.54) is 0 Å². The van der Waals surface area contributed by atoms with Crippen molar-refractivity contribution in [2.75, 3.05) is 0 Å². The maximum Gasteiger partial charge on any atom is 0.220 e. The SMILES string of the molecule is Cc1csc(-c2ccc(CNC(=O)CC(C)(C)C)cc2)n1. The molecule has 0 aliphatic heterocycles. The number of rotatable bonds is 4. The van der Waals surface area contributed by atoms with Gasteiger partial charge in [-0.1, -0.05) is 45.0 Å². The predicted octanol–water partition coefficient (Wildman–Crippen LogP) is 4.17. The summed E-state index contributed by atoms with van der Waals surface area (Å²) < 4.78 is 0. The lowest BCUT2D eigenvalue weighted by atomic mass is 9.92. The van der Waals surface area contributed by atoms with E-state index in [-0.39, 0.29) is 11.3 Å². The number of nitrogens with one attached hydrogen (secondary N) is 1. The number of aromatic nitrogens is 1. The van der Waals surface area contributed by atoms with E-state index in [1.54, 1.807) is 11.3 Å². The molecule has 2 rings (SSSR count). The van der Waals surface area contributed by atoms with Gasteiger partial charge < -0.3 is 5.32 Å². The van der Waals surface area contributed by atoms with E-state index in [9.17, 15) is 4.79 Å². The summed E-state index contributed by atoms with van der Waals surface area (Å²) in [6.45, 7) is 8.78. The van der Waals surface area contributed by atoms with E-state index in [2.05, 4.69) is 48.6 Å². The van der Waals surface area contributed by atoms with Crippen LogP contribution in [0.5, 0.6) is 0 Å². The third-order valence-corrected chi connectivity index (χ3v) is 4.01. The molecule has 0 bridgehead atoms. The van der Waals surface area contributed by atoms with E-state index >= 15 is 0 Å². The Kier molecular flexibility index (Phi) is 4.78. The average molecular weight is 302 g/mol. The molecule has 1 aromatic carbocycles. The maximum absolute atomic E-state index is 11.8. The number of carbonyl (C=O) groups excluding carboxylic acids is 1. The van der Waals surface area contributed by atoms with Gasteiger partial charge >= 0.3 is 0 Å². The van der Waals surface area contributed by atoms with Crippen LogP contribution in [0.2, 0.25) is 0 Å². The number of hydrogen-bond acceptors (Lipinski definition) is 3.